The first-order valence-corrected chi connectivity index (χ1v) is 7.38. The van der Waals surface area contributed by atoms with E-state index < -0.39 is 0 Å². The van der Waals surface area contributed by atoms with E-state index in [4.69, 9.17) is 4.74 Å². The Morgan fingerprint density at radius 3 is 2.60 bits per heavy atom. The van der Waals surface area contributed by atoms with Crippen LogP contribution in [0.5, 0.6) is 0 Å². The van der Waals surface area contributed by atoms with Crippen LogP contribution in [-0.4, -0.2) is 42.6 Å². The van der Waals surface area contributed by atoms with Gasteiger partial charge in [0.15, 0.2) is 0 Å². The van der Waals surface area contributed by atoms with Crippen LogP contribution in [0.15, 0.2) is 0 Å². The Hall–Kier alpha value is 0.400. The zero-order valence-electron chi connectivity index (χ0n) is 9.88. The second-order valence-electron chi connectivity index (χ2n) is 4.28. The molecular formula is C12H24BrNO. The minimum absolute atomic E-state index is 0.856. The maximum Gasteiger partial charge on any atom is 0.0593 e. The van der Waals surface area contributed by atoms with Crippen LogP contribution in [0.2, 0.25) is 0 Å². The van der Waals surface area contributed by atoms with Gasteiger partial charge in [-0.2, -0.15) is 0 Å². The Balaban J connectivity index is 2.10. The fourth-order valence-corrected chi connectivity index (χ4v) is 2.17. The SMILES string of the molecule is CCCOCCN(CCCBr)C1CCC1. The summed E-state index contributed by atoms with van der Waals surface area (Å²) in [5.74, 6) is 0. The summed E-state index contributed by atoms with van der Waals surface area (Å²) in [6, 6.07) is 0.856. The molecular weight excluding hydrogens is 254 g/mol. The Bertz CT molecular complexity index is 151. The molecule has 90 valence electrons. The van der Waals surface area contributed by atoms with Gasteiger partial charge in [0.25, 0.3) is 0 Å². The second-order valence-corrected chi connectivity index (χ2v) is 5.07. The third-order valence-electron chi connectivity index (χ3n) is 3.04. The van der Waals surface area contributed by atoms with Crippen molar-refractivity contribution in [3.63, 3.8) is 0 Å². The largest absolute Gasteiger partial charge is 0.380 e. The molecule has 0 heterocycles. The lowest BCUT2D eigenvalue weighted by Gasteiger charge is -2.37. The van der Waals surface area contributed by atoms with Crippen LogP contribution in [0.25, 0.3) is 0 Å². The van der Waals surface area contributed by atoms with Gasteiger partial charge in [-0.05, 0) is 32.2 Å². The highest BCUT2D eigenvalue weighted by Crippen LogP contribution is 2.24. The highest BCUT2D eigenvalue weighted by molar-refractivity contribution is 9.09. The van der Waals surface area contributed by atoms with E-state index in [1.54, 1.807) is 0 Å². The average Bonchev–Trinajstić information content (AvgIpc) is 2.17. The van der Waals surface area contributed by atoms with Gasteiger partial charge in [-0.1, -0.05) is 29.3 Å². The molecule has 0 aromatic rings. The van der Waals surface area contributed by atoms with Gasteiger partial charge in [0.05, 0.1) is 6.61 Å². The van der Waals surface area contributed by atoms with E-state index in [9.17, 15) is 0 Å². The van der Waals surface area contributed by atoms with Crippen molar-refractivity contribution in [3.05, 3.63) is 0 Å². The van der Waals surface area contributed by atoms with Gasteiger partial charge in [-0.3, -0.25) is 4.90 Å². The lowest BCUT2D eigenvalue weighted by molar-refractivity contribution is 0.0647. The monoisotopic (exact) mass is 277 g/mol. The first-order valence-electron chi connectivity index (χ1n) is 6.26. The lowest BCUT2D eigenvalue weighted by atomic mass is 9.91. The molecule has 0 bridgehead atoms. The van der Waals surface area contributed by atoms with Crippen LogP contribution in [-0.2, 0) is 4.74 Å². The van der Waals surface area contributed by atoms with Crippen LogP contribution in [0, 0.1) is 0 Å². The molecule has 0 radical (unpaired) electrons. The second kappa shape index (κ2) is 8.54. The van der Waals surface area contributed by atoms with E-state index in [1.807, 2.05) is 0 Å². The highest BCUT2D eigenvalue weighted by atomic mass is 79.9. The lowest BCUT2D eigenvalue weighted by Crippen LogP contribution is -2.42. The molecule has 3 heteroatoms. The van der Waals surface area contributed by atoms with Crippen molar-refractivity contribution in [3.8, 4) is 0 Å². The van der Waals surface area contributed by atoms with Crippen LogP contribution in [0.1, 0.15) is 39.0 Å². The fourth-order valence-electron chi connectivity index (χ4n) is 1.92. The number of hydrogen-bond acceptors (Lipinski definition) is 2. The topological polar surface area (TPSA) is 12.5 Å². The number of hydrogen-bond donors (Lipinski definition) is 0. The molecule has 1 rings (SSSR count). The smallest absolute Gasteiger partial charge is 0.0593 e. The first-order chi connectivity index (χ1) is 7.38. The van der Waals surface area contributed by atoms with Gasteiger partial charge in [0.2, 0.25) is 0 Å². The maximum absolute atomic E-state index is 5.56. The summed E-state index contributed by atoms with van der Waals surface area (Å²) in [6.07, 6.45) is 6.60. The summed E-state index contributed by atoms with van der Waals surface area (Å²) in [6.45, 7) is 6.33. The summed E-state index contributed by atoms with van der Waals surface area (Å²) in [5.41, 5.74) is 0. The van der Waals surface area contributed by atoms with E-state index in [0.717, 1.165) is 37.6 Å². The number of alkyl halides is 1. The van der Waals surface area contributed by atoms with Crippen molar-refractivity contribution in [1.29, 1.82) is 0 Å². The molecule has 0 aromatic heterocycles. The van der Waals surface area contributed by atoms with Crippen molar-refractivity contribution in [2.24, 2.45) is 0 Å². The molecule has 15 heavy (non-hydrogen) atoms. The summed E-state index contributed by atoms with van der Waals surface area (Å²) in [5, 5.41) is 1.12. The maximum atomic E-state index is 5.56. The molecule has 1 aliphatic carbocycles. The van der Waals surface area contributed by atoms with E-state index >= 15 is 0 Å². The van der Waals surface area contributed by atoms with E-state index in [2.05, 4.69) is 27.8 Å². The van der Waals surface area contributed by atoms with Crippen molar-refractivity contribution in [1.82, 2.24) is 4.90 Å². The summed E-state index contributed by atoms with van der Waals surface area (Å²) >= 11 is 3.50. The average molecular weight is 278 g/mol. The molecule has 1 fully saturated rings. The van der Waals surface area contributed by atoms with E-state index in [0.29, 0.717) is 0 Å². The van der Waals surface area contributed by atoms with Crippen molar-refractivity contribution < 1.29 is 4.74 Å². The predicted molar refractivity (Wildman–Crippen MR) is 68.7 cm³/mol. The third kappa shape index (κ3) is 5.32. The summed E-state index contributed by atoms with van der Waals surface area (Å²) < 4.78 is 5.56. The van der Waals surface area contributed by atoms with Crippen molar-refractivity contribution in [2.75, 3.05) is 31.6 Å². The standard InChI is InChI=1S/C12H24BrNO/c1-2-10-15-11-9-14(8-4-7-13)12-5-3-6-12/h12H,2-11H2,1H3. The Labute approximate surface area is 102 Å². The minimum atomic E-state index is 0.856. The Morgan fingerprint density at radius 2 is 2.07 bits per heavy atom. The van der Waals surface area contributed by atoms with E-state index in [1.165, 1.54) is 32.2 Å². The molecule has 0 N–H and O–H groups in total. The molecule has 0 amide bonds. The molecule has 0 unspecified atom stereocenters. The molecule has 0 spiro atoms. The zero-order chi connectivity index (χ0) is 10.9. The molecule has 0 atom stereocenters. The minimum Gasteiger partial charge on any atom is -0.380 e. The molecule has 0 saturated heterocycles. The van der Waals surface area contributed by atoms with Gasteiger partial charge in [-0.25, -0.2) is 0 Å². The summed E-state index contributed by atoms with van der Waals surface area (Å²) in [7, 11) is 0. The molecule has 1 aliphatic rings. The van der Waals surface area contributed by atoms with Gasteiger partial charge >= 0.3 is 0 Å². The zero-order valence-corrected chi connectivity index (χ0v) is 11.5. The van der Waals surface area contributed by atoms with Gasteiger partial charge in [0.1, 0.15) is 0 Å². The Morgan fingerprint density at radius 1 is 1.27 bits per heavy atom. The van der Waals surface area contributed by atoms with Gasteiger partial charge in [-0.15, -0.1) is 0 Å². The molecule has 0 aromatic carbocycles. The quantitative estimate of drug-likeness (QED) is 0.475. The molecule has 1 saturated carbocycles. The normalized spacial score (nSPS) is 17.0. The van der Waals surface area contributed by atoms with Crippen LogP contribution >= 0.6 is 15.9 Å². The third-order valence-corrected chi connectivity index (χ3v) is 3.60. The fraction of sp³-hybridized carbons (Fsp3) is 1.00. The van der Waals surface area contributed by atoms with Crippen LogP contribution in [0.3, 0.4) is 0 Å². The Kier molecular flexibility index (Phi) is 7.67. The molecule has 0 aliphatic heterocycles. The van der Waals surface area contributed by atoms with Crippen molar-refractivity contribution in [2.45, 2.75) is 45.1 Å². The highest BCUT2D eigenvalue weighted by Gasteiger charge is 2.23. The number of rotatable bonds is 9. The number of halogens is 1. The predicted octanol–water partition coefficient (Wildman–Crippen LogP) is 3.05. The van der Waals surface area contributed by atoms with Gasteiger partial charge in [0, 0.05) is 24.5 Å². The number of ether oxygens (including phenoxy) is 1. The van der Waals surface area contributed by atoms with Crippen LogP contribution < -0.4 is 0 Å². The van der Waals surface area contributed by atoms with E-state index in [-0.39, 0.29) is 0 Å². The van der Waals surface area contributed by atoms with Crippen LogP contribution in [0.4, 0.5) is 0 Å². The number of nitrogens with zero attached hydrogens (tertiary/aromatic N) is 1. The summed E-state index contributed by atoms with van der Waals surface area (Å²) in [4.78, 5) is 2.61. The van der Waals surface area contributed by atoms with Gasteiger partial charge < -0.3 is 4.74 Å². The van der Waals surface area contributed by atoms with Crippen molar-refractivity contribution >= 4 is 15.9 Å². The first kappa shape index (κ1) is 13.5. The molecule has 2 nitrogen and oxygen atoms in total.